The van der Waals surface area contributed by atoms with Crippen LogP contribution in [0.3, 0.4) is 0 Å². The first kappa shape index (κ1) is 11.8. The van der Waals surface area contributed by atoms with Crippen LogP contribution in [0.5, 0.6) is 0 Å². The van der Waals surface area contributed by atoms with Gasteiger partial charge in [0.05, 0.1) is 0 Å². The Hall–Kier alpha value is -0.0400. The molecule has 5 fully saturated rings. The third-order valence-electron chi connectivity index (χ3n) is 7.34. The quantitative estimate of drug-likeness (QED) is 0.675. The van der Waals surface area contributed by atoms with Crippen molar-refractivity contribution < 1.29 is 0 Å². The van der Waals surface area contributed by atoms with Crippen molar-refractivity contribution in [2.75, 3.05) is 13.1 Å². The molecule has 0 aromatic heterocycles. The summed E-state index contributed by atoms with van der Waals surface area (Å²) < 4.78 is 0. The number of nitrogens with zero attached hydrogens (tertiary/aromatic N) is 1. The molecule has 1 heterocycles. The summed E-state index contributed by atoms with van der Waals surface area (Å²) in [6.07, 6.45) is 12.1. The van der Waals surface area contributed by atoms with Gasteiger partial charge in [0, 0.05) is 5.54 Å². The normalized spacial score (nSPS) is 50.7. The zero-order chi connectivity index (χ0) is 12.4. The van der Waals surface area contributed by atoms with Crippen LogP contribution in [-0.4, -0.2) is 23.5 Å². The van der Waals surface area contributed by atoms with E-state index in [1.54, 1.807) is 19.3 Å². The summed E-state index contributed by atoms with van der Waals surface area (Å²) in [5.41, 5.74) is 1.18. The van der Waals surface area contributed by atoms with E-state index in [9.17, 15) is 0 Å². The van der Waals surface area contributed by atoms with Crippen molar-refractivity contribution in [1.29, 1.82) is 0 Å². The number of rotatable bonds is 1. The van der Waals surface area contributed by atoms with Crippen molar-refractivity contribution in [3.8, 4) is 0 Å². The predicted octanol–water partition coefficient (Wildman–Crippen LogP) is 4.08. The fraction of sp³-hybridized carbons (Fsp3) is 1.00. The smallest absolute Gasteiger partial charge is 0.0268 e. The van der Waals surface area contributed by atoms with Gasteiger partial charge in [-0.3, -0.25) is 4.90 Å². The van der Waals surface area contributed by atoms with Gasteiger partial charge in [0.25, 0.3) is 0 Å². The lowest BCUT2D eigenvalue weighted by atomic mass is 9.42. The molecule has 4 aliphatic carbocycles. The van der Waals surface area contributed by atoms with Gasteiger partial charge in [0.2, 0.25) is 0 Å². The first-order valence-electron chi connectivity index (χ1n) is 8.37. The molecule has 5 rings (SSSR count). The Morgan fingerprint density at radius 3 is 2.06 bits per heavy atom. The molecule has 4 saturated carbocycles. The molecule has 2 atom stereocenters. The molecule has 102 valence electrons. The van der Waals surface area contributed by atoms with E-state index in [0.717, 1.165) is 17.8 Å². The van der Waals surface area contributed by atoms with Crippen LogP contribution < -0.4 is 0 Å². The Kier molecular flexibility index (Phi) is 2.45. The molecule has 0 amide bonds. The second-order valence-corrected chi connectivity index (χ2v) is 8.35. The molecule has 0 spiro atoms. The summed E-state index contributed by atoms with van der Waals surface area (Å²) in [6.45, 7) is 8.03. The van der Waals surface area contributed by atoms with Gasteiger partial charge < -0.3 is 0 Å². The summed E-state index contributed by atoms with van der Waals surface area (Å²) in [4.78, 5) is 2.96. The van der Waals surface area contributed by atoms with E-state index in [1.807, 2.05) is 0 Å². The fourth-order valence-corrected chi connectivity index (χ4v) is 6.42. The highest BCUT2D eigenvalue weighted by atomic mass is 15.2. The Balaban J connectivity index is 1.72. The second-order valence-electron chi connectivity index (χ2n) is 8.35. The van der Waals surface area contributed by atoms with Gasteiger partial charge in [0.1, 0.15) is 0 Å². The van der Waals surface area contributed by atoms with Crippen LogP contribution in [0.15, 0.2) is 0 Å². The minimum absolute atomic E-state index is 0.581. The summed E-state index contributed by atoms with van der Waals surface area (Å²) in [7, 11) is 0. The van der Waals surface area contributed by atoms with Crippen LogP contribution in [-0.2, 0) is 0 Å². The molecule has 2 unspecified atom stereocenters. The van der Waals surface area contributed by atoms with Crippen LogP contribution in [0.25, 0.3) is 0 Å². The topological polar surface area (TPSA) is 3.24 Å². The average molecular weight is 247 g/mol. The predicted molar refractivity (Wildman–Crippen MR) is 75.5 cm³/mol. The molecule has 0 N–H and O–H groups in total. The fourth-order valence-electron chi connectivity index (χ4n) is 6.42. The van der Waals surface area contributed by atoms with Crippen molar-refractivity contribution in [3.63, 3.8) is 0 Å². The van der Waals surface area contributed by atoms with Crippen molar-refractivity contribution in [2.24, 2.45) is 23.2 Å². The highest BCUT2D eigenvalue weighted by molar-refractivity contribution is 5.16. The second kappa shape index (κ2) is 3.75. The maximum Gasteiger partial charge on any atom is 0.0268 e. The Morgan fingerprint density at radius 1 is 0.833 bits per heavy atom. The summed E-state index contributed by atoms with van der Waals surface area (Å²) in [6, 6.07) is 0. The number of piperidine rings is 1. The molecule has 1 nitrogen and oxygen atoms in total. The lowest BCUT2D eigenvalue weighted by Crippen LogP contribution is -2.69. The van der Waals surface area contributed by atoms with Gasteiger partial charge in [-0.15, -0.1) is 0 Å². The Bertz CT molecular complexity index is 326. The first-order valence-corrected chi connectivity index (χ1v) is 8.37. The highest BCUT2D eigenvalue weighted by Crippen LogP contribution is 2.66. The zero-order valence-electron chi connectivity index (χ0n) is 12.3. The van der Waals surface area contributed by atoms with Gasteiger partial charge in [-0.05, 0) is 81.2 Å². The van der Waals surface area contributed by atoms with Gasteiger partial charge in [-0.2, -0.15) is 0 Å². The van der Waals surface area contributed by atoms with Crippen LogP contribution >= 0.6 is 0 Å². The van der Waals surface area contributed by atoms with E-state index in [2.05, 4.69) is 18.7 Å². The highest BCUT2D eigenvalue weighted by Gasteiger charge is 2.63. The number of likely N-dealkylation sites (tertiary alicyclic amines) is 1. The minimum atomic E-state index is 0.581. The summed E-state index contributed by atoms with van der Waals surface area (Å²) >= 11 is 0. The van der Waals surface area contributed by atoms with E-state index >= 15 is 0 Å². The lowest BCUT2D eigenvalue weighted by molar-refractivity contribution is -0.182. The summed E-state index contributed by atoms with van der Waals surface area (Å²) in [5.74, 6) is 3.19. The van der Waals surface area contributed by atoms with Gasteiger partial charge in [0.15, 0.2) is 0 Å². The van der Waals surface area contributed by atoms with E-state index in [-0.39, 0.29) is 0 Å². The molecular formula is C17H29N. The maximum absolute atomic E-state index is 2.96. The van der Waals surface area contributed by atoms with Gasteiger partial charge >= 0.3 is 0 Å². The van der Waals surface area contributed by atoms with Crippen LogP contribution in [0, 0.1) is 23.2 Å². The van der Waals surface area contributed by atoms with Crippen LogP contribution in [0.4, 0.5) is 0 Å². The summed E-state index contributed by atoms with van der Waals surface area (Å²) in [5, 5.41) is 0. The zero-order valence-corrected chi connectivity index (χ0v) is 12.3. The molecule has 18 heavy (non-hydrogen) atoms. The van der Waals surface area contributed by atoms with Gasteiger partial charge in [-0.1, -0.05) is 20.3 Å². The van der Waals surface area contributed by atoms with Crippen molar-refractivity contribution in [3.05, 3.63) is 0 Å². The largest absolute Gasteiger partial charge is 0.297 e. The van der Waals surface area contributed by atoms with E-state index in [0.29, 0.717) is 11.0 Å². The third-order valence-corrected chi connectivity index (χ3v) is 7.34. The van der Waals surface area contributed by atoms with Crippen LogP contribution in [0.1, 0.15) is 65.2 Å². The molecule has 1 heteroatoms. The molecule has 0 aromatic carbocycles. The standard InChI is InChI=1S/C17H29N/c1-16(2)15-9-13-8-14(10-15)12-17(16,11-13)18-6-4-3-5-7-18/h13-15H,3-12H2,1-2H3. The monoisotopic (exact) mass is 247 g/mol. The minimum Gasteiger partial charge on any atom is -0.297 e. The molecule has 4 bridgehead atoms. The Morgan fingerprint density at radius 2 is 1.44 bits per heavy atom. The SMILES string of the molecule is CC1(C)C2CC3CC(C2)CC1(N1CCCCC1)C3. The van der Waals surface area contributed by atoms with Crippen molar-refractivity contribution >= 4 is 0 Å². The number of hydrogen-bond acceptors (Lipinski definition) is 1. The molecular weight excluding hydrogens is 218 g/mol. The molecule has 0 aromatic rings. The molecule has 1 aliphatic heterocycles. The molecule has 5 aliphatic rings. The molecule has 0 radical (unpaired) electrons. The third kappa shape index (κ3) is 1.38. The first-order chi connectivity index (χ1) is 8.62. The van der Waals surface area contributed by atoms with E-state index in [4.69, 9.17) is 0 Å². The maximum atomic E-state index is 2.96. The Labute approximate surface area is 112 Å². The molecule has 1 saturated heterocycles. The number of hydrogen-bond donors (Lipinski definition) is 0. The van der Waals surface area contributed by atoms with E-state index in [1.165, 1.54) is 45.2 Å². The van der Waals surface area contributed by atoms with Crippen molar-refractivity contribution in [2.45, 2.75) is 70.8 Å². The van der Waals surface area contributed by atoms with Crippen molar-refractivity contribution in [1.82, 2.24) is 4.90 Å². The lowest BCUT2D eigenvalue weighted by Gasteiger charge is -2.69. The van der Waals surface area contributed by atoms with E-state index < -0.39 is 0 Å². The van der Waals surface area contributed by atoms with Gasteiger partial charge in [-0.25, -0.2) is 0 Å². The average Bonchev–Trinajstić information content (AvgIpc) is 2.36. The van der Waals surface area contributed by atoms with Crippen LogP contribution in [0.2, 0.25) is 0 Å².